The normalized spacial score (nSPS) is 9.95. The molecule has 118 valence electrons. The lowest BCUT2D eigenvalue weighted by atomic mass is 10.2. The molecular weight excluding hydrogens is 300 g/mol. The number of halogens is 1. The Hall–Kier alpha value is -2.07. The summed E-state index contributed by atoms with van der Waals surface area (Å²) in [5.41, 5.74) is 1.65. The standard InChI is InChI=1S/C17H20N2O2.ClH/c1-13(2)12-21-16-5-3-14(4-6-16)11-19-17(20)15-7-9-18-10-8-15;/h3-10,13H,11-12H2,1-2H3,(H,19,20);1H. The fourth-order valence-electron chi connectivity index (χ4n) is 1.75. The van der Waals surface area contributed by atoms with Crippen molar-refractivity contribution < 1.29 is 9.53 Å². The first-order valence-corrected chi connectivity index (χ1v) is 7.05. The van der Waals surface area contributed by atoms with Crippen LogP contribution in [0.4, 0.5) is 0 Å². The molecule has 0 aliphatic rings. The van der Waals surface area contributed by atoms with Crippen LogP contribution in [0.3, 0.4) is 0 Å². The Balaban J connectivity index is 0.00000242. The second-order valence-corrected chi connectivity index (χ2v) is 5.27. The Morgan fingerprint density at radius 2 is 1.77 bits per heavy atom. The van der Waals surface area contributed by atoms with Gasteiger partial charge in [0, 0.05) is 24.5 Å². The van der Waals surface area contributed by atoms with Gasteiger partial charge < -0.3 is 10.1 Å². The SMILES string of the molecule is CC(C)COc1ccc(CNC(=O)c2ccncc2)cc1.Cl. The Labute approximate surface area is 137 Å². The highest BCUT2D eigenvalue weighted by molar-refractivity contribution is 5.93. The quantitative estimate of drug-likeness (QED) is 0.886. The number of hydrogen-bond donors (Lipinski definition) is 1. The molecule has 4 nitrogen and oxygen atoms in total. The average Bonchev–Trinajstić information content (AvgIpc) is 2.52. The molecule has 0 unspecified atom stereocenters. The van der Waals surface area contributed by atoms with Crippen molar-refractivity contribution in [2.75, 3.05) is 6.61 Å². The number of carbonyl (C=O) groups is 1. The Bertz CT molecular complexity index is 571. The van der Waals surface area contributed by atoms with E-state index in [4.69, 9.17) is 4.74 Å². The van der Waals surface area contributed by atoms with Gasteiger partial charge in [-0.15, -0.1) is 12.4 Å². The molecule has 2 aromatic rings. The number of nitrogens with one attached hydrogen (secondary N) is 1. The zero-order valence-corrected chi connectivity index (χ0v) is 13.6. The van der Waals surface area contributed by atoms with Gasteiger partial charge >= 0.3 is 0 Å². The van der Waals surface area contributed by atoms with Crippen LogP contribution >= 0.6 is 12.4 Å². The minimum absolute atomic E-state index is 0. The summed E-state index contributed by atoms with van der Waals surface area (Å²) < 4.78 is 5.62. The molecule has 1 aromatic heterocycles. The number of ether oxygens (including phenoxy) is 1. The smallest absolute Gasteiger partial charge is 0.251 e. The lowest BCUT2D eigenvalue weighted by molar-refractivity contribution is 0.0951. The van der Waals surface area contributed by atoms with Crippen molar-refractivity contribution in [2.24, 2.45) is 5.92 Å². The number of carbonyl (C=O) groups excluding carboxylic acids is 1. The van der Waals surface area contributed by atoms with Crippen molar-refractivity contribution in [2.45, 2.75) is 20.4 Å². The van der Waals surface area contributed by atoms with Crippen LogP contribution in [-0.2, 0) is 6.54 Å². The molecule has 0 aliphatic heterocycles. The Kier molecular flexibility index (Phi) is 7.40. The molecule has 2 rings (SSSR count). The van der Waals surface area contributed by atoms with Crippen molar-refractivity contribution in [3.63, 3.8) is 0 Å². The number of hydrogen-bond acceptors (Lipinski definition) is 3. The highest BCUT2D eigenvalue weighted by Crippen LogP contribution is 2.13. The van der Waals surface area contributed by atoms with E-state index in [1.165, 1.54) is 0 Å². The Morgan fingerprint density at radius 3 is 2.36 bits per heavy atom. The van der Waals surface area contributed by atoms with E-state index < -0.39 is 0 Å². The second kappa shape index (κ2) is 9.05. The average molecular weight is 321 g/mol. The van der Waals surface area contributed by atoms with Gasteiger partial charge in [-0.3, -0.25) is 9.78 Å². The first-order chi connectivity index (χ1) is 10.1. The summed E-state index contributed by atoms with van der Waals surface area (Å²) in [7, 11) is 0. The maximum Gasteiger partial charge on any atom is 0.251 e. The number of nitrogens with zero attached hydrogens (tertiary/aromatic N) is 1. The van der Waals surface area contributed by atoms with Crippen molar-refractivity contribution in [3.8, 4) is 5.75 Å². The van der Waals surface area contributed by atoms with Crippen LogP contribution in [0.1, 0.15) is 29.8 Å². The van der Waals surface area contributed by atoms with Crippen LogP contribution < -0.4 is 10.1 Å². The summed E-state index contributed by atoms with van der Waals surface area (Å²) in [5, 5.41) is 2.88. The molecule has 1 N–H and O–H groups in total. The monoisotopic (exact) mass is 320 g/mol. The molecule has 1 aromatic carbocycles. The lowest BCUT2D eigenvalue weighted by Gasteiger charge is -2.09. The van der Waals surface area contributed by atoms with Gasteiger partial charge in [-0.1, -0.05) is 26.0 Å². The van der Waals surface area contributed by atoms with Crippen LogP contribution in [0, 0.1) is 5.92 Å². The molecule has 0 aliphatic carbocycles. The van der Waals surface area contributed by atoms with Gasteiger partial charge in [-0.25, -0.2) is 0 Å². The predicted octanol–water partition coefficient (Wildman–Crippen LogP) is 3.47. The van der Waals surface area contributed by atoms with Crippen LogP contribution in [0.5, 0.6) is 5.75 Å². The number of pyridine rings is 1. The molecule has 1 heterocycles. The van der Waals surface area contributed by atoms with E-state index in [-0.39, 0.29) is 18.3 Å². The predicted molar refractivity (Wildman–Crippen MR) is 89.4 cm³/mol. The lowest BCUT2D eigenvalue weighted by Crippen LogP contribution is -2.22. The van der Waals surface area contributed by atoms with Gasteiger partial charge in [0.05, 0.1) is 6.61 Å². The summed E-state index contributed by atoms with van der Waals surface area (Å²) in [5.74, 6) is 1.26. The van der Waals surface area contributed by atoms with Crippen LogP contribution in [0.15, 0.2) is 48.8 Å². The topological polar surface area (TPSA) is 51.2 Å². The molecule has 0 saturated carbocycles. The summed E-state index contributed by atoms with van der Waals surface area (Å²) in [4.78, 5) is 15.8. The third-order valence-electron chi connectivity index (χ3n) is 2.90. The fourth-order valence-corrected chi connectivity index (χ4v) is 1.75. The number of amides is 1. The van der Waals surface area contributed by atoms with Gasteiger partial charge in [0.25, 0.3) is 5.91 Å². The molecule has 5 heteroatoms. The van der Waals surface area contributed by atoms with Crippen molar-refractivity contribution in [1.29, 1.82) is 0 Å². The molecule has 0 atom stereocenters. The number of rotatable bonds is 6. The van der Waals surface area contributed by atoms with Crippen LogP contribution in [0.2, 0.25) is 0 Å². The van der Waals surface area contributed by atoms with Gasteiger partial charge in [0.1, 0.15) is 5.75 Å². The molecule has 1 amide bonds. The van der Waals surface area contributed by atoms with E-state index in [1.54, 1.807) is 24.5 Å². The zero-order chi connectivity index (χ0) is 15.1. The molecule has 0 spiro atoms. The van der Waals surface area contributed by atoms with Crippen LogP contribution in [0.25, 0.3) is 0 Å². The van der Waals surface area contributed by atoms with E-state index in [2.05, 4.69) is 24.1 Å². The highest BCUT2D eigenvalue weighted by Gasteiger charge is 2.04. The van der Waals surface area contributed by atoms with E-state index in [1.807, 2.05) is 24.3 Å². The summed E-state index contributed by atoms with van der Waals surface area (Å²) in [6.07, 6.45) is 3.21. The number of benzene rings is 1. The summed E-state index contributed by atoms with van der Waals surface area (Å²) >= 11 is 0. The van der Waals surface area contributed by atoms with Gasteiger partial charge in [0.2, 0.25) is 0 Å². The first kappa shape index (κ1) is 18.0. The third-order valence-corrected chi connectivity index (χ3v) is 2.90. The molecule has 0 bridgehead atoms. The van der Waals surface area contributed by atoms with Crippen molar-refractivity contribution in [1.82, 2.24) is 10.3 Å². The minimum Gasteiger partial charge on any atom is -0.493 e. The minimum atomic E-state index is -0.0995. The molecular formula is C17H21ClN2O2. The highest BCUT2D eigenvalue weighted by atomic mass is 35.5. The van der Waals surface area contributed by atoms with Crippen molar-refractivity contribution in [3.05, 3.63) is 59.9 Å². The summed E-state index contributed by atoms with van der Waals surface area (Å²) in [6, 6.07) is 11.2. The zero-order valence-electron chi connectivity index (χ0n) is 12.8. The largest absolute Gasteiger partial charge is 0.493 e. The summed E-state index contributed by atoms with van der Waals surface area (Å²) in [6.45, 7) is 5.43. The van der Waals surface area contributed by atoms with Gasteiger partial charge in [0.15, 0.2) is 0 Å². The van der Waals surface area contributed by atoms with E-state index in [0.29, 0.717) is 24.6 Å². The van der Waals surface area contributed by atoms with Crippen molar-refractivity contribution >= 4 is 18.3 Å². The van der Waals surface area contributed by atoms with E-state index in [9.17, 15) is 4.79 Å². The molecule has 0 radical (unpaired) electrons. The van der Waals surface area contributed by atoms with Gasteiger partial charge in [-0.2, -0.15) is 0 Å². The van der Waals surface area contributed by atoms with Crippen LogP contribution in [-0.4, -0.2) is 17.5 Å². The maximum absolute atomic E-state index is 11.9. The molecule has 0 saturated heterocycles. The van der Waals surface area contributed by atoms with E-state index >= 15 is 0 Å². The van der Waals surface area contributed by atoms with Gasteiger partial charge in [-0.05, 0) is 35.7 Å². The molecule has 0 fully saturated rings. The number of aromatic nitrogens is 1. The van der Waals surface area contributed by atoms with E-state index in [0.717, 1.165) is 11.3 Å². The third kappa shape index (κ3) is 5.74. The fraction of sp³-hybridized carbons (Fsp3) is 0.294. The second-order valence-electron chi connectivity index (χ2n) is 5.27. The molecule has 22 heavy (non-hydrogen) atoms. The Morgan fingerprint density at radius 1 is 1.14 bits per heavy atom. The maximum atomic E-state index is 11.9. The first-order valence-electron chi connectivity index (χ1n) is 7.05.